The van der Waals surface area contributed by atoms with Crippen LogP contribution in [0.5, 0.6) is 0 Å². The van der Waals surface area contributed by atoms with Crippen molar-refractivity contribution in [3.63, 3.8) is 0 Å². The first-order valence-corrected chi connectivity index (χ1v) is 47.0. The van der Waals surface area contributed by atoms with Gasteiger partial charge >= 0.3 is 13.7 Å². The van der Waals surface area contributed by atoms with E-state index in [4.69, 9.17) is 8.83 Å². The van der Waals surface area contributed by atoms with Crippen LogP contribution in [0.2, 0.25) is 0 Å². The van der Waals surface area contributed by atoms with Gasteiger partial charge in [0.25, 0.3) is 0 Å². The lowest BCUT2D eigenvalue weighted by atomic mass is 9.42. The van der Waals surface area contributed by atoms with Crippen LogP contribution in [-0.4, -0.2) is 13.7 Å². The number of rotatable bonds is 4. The fraction of sp³-hybridized carbons (Fsp3) is 0.148. The molecule has 1 atom stereocenters. The molecule has 0 N–H and O–H groups in total. The smallest absolute Gasteiger partial charge is 0.333 e. The third-order valence-electron chi connectivity index (χ3n) is 33.5. The molecule has 0 saturated carbocycles. The van der Waals surface area contributed by atoms with E-state index in [1.165, 1.54) is 206 Å². The molecule has 0 saturated heterocycles. The summed E-state index contributed by atoms with van der Waals surface area (Å²) in [7, 11) is 0. The fourth-order valence-electron chi connectivity index (χ4n) is 27.8. The number of furan rings is 2. The molecule has 4 aliphatic carbocycles. The van der Waals surface area contributed by atoms with Gasteiger partial charge in [0, 0.05) is 78.2 Å². The first kappa shape index (κ1) is 72.4. The van der Waals surface area contributed by atoms with Gasteiger partial charge in [-0.15, -0.1) is 0 Å². The molecule has 30 rings (SSSR count). The number of hydrogen-bond donors (Lipinski definition) is 0. The lowest BCUT2D eigenvalue weighted by molar-refractivity contribution is 0.310. The van der Waals surface area contributed by atoms with E-state index < -0.39 is 10.8 Å². The highest BCUT2D eigenvalue weighted by Gasteiger charge is 2.60. The molecule has 6 nitrogen and oxygen atoms in total. The summed E-state index contributed by atoms with van der Waals surface area (Å²) in [6.07, 6.45) is 5.16. The van der Waals surface area contributed by atoms with E-state index in [9.17, 15) is 0 Å². The standard InChI is InChI=1S/C122H88B2N4O2/c1-117(2)58-59-118(3,4)96-65-74(51-55-90(96)117)128-103-67-84-82-35-15-24-48-106(82)129-108(84)68-85(103)109-76-53-50-70(62-72(76)64-105-112(109)123(128)98-44-26-42-94-114(98)126(105)101-47-23-21-41-93(101)122(94)88-38-18-12-32-79(88)80-33-13-19-39-89(80)122)69-120(7)61-60-119(5,6)97-66-73(52-56-91(97)120)127-102-57-54-83-81-34-14-25-49-107(81)130-116(83)111(102)110-75-29-9-8-28-71(75)63-104-113(110)124(127)99-45-27-43-95-115(99)125(104)100-46-22-20-40-92(100)121(95)86-36-16-10-30-77(86)78-31-11-17-37-87(78)121/h8-57,62-68H,58-61,69H2,1-7H3. The van der Waals surface area contributed by atoms with Gasteiger partial charge in [-0.3, -0.25) is 0 Å². The summed E-state index contributed by atoms with van der Waals surface area (Å²) in [5.74, 6) is 0. The summed E-state index contributed by atoms with van der Waals surface area (Å²) in [4.78, 5) is 11.0. The molecule has 8 heteroatoms. The second kappa shape index (κ2) is 24.6. The summed E-state index contributed by atoms with van der Waals surface area (Å²) < 4.78 is 14.5. The Morgan fingerprint density at radius 1 is 0.269 bits per heavy atom. The van der Waals surface area contributed by atoms with E-state index in [0.717, 1.165) is 87.2 Å². The van der Waals surface area contributed by atoms with Crippen molar-refractivity contribution in [1.29, 1.82) is 0 Å². The molecule has 130 heavy (non-hydrogen) atoms. The van der Waals surface area contributed by atoms with Crippen molar-refractivity contribution in [2.24, 2.45) is 0 Å². The maximum Gasteiger partial charge on any atom is 0.333 e. The lowest BCUT2D eigenvalue weighted by Crippen LogP contribution is -2.62. The van der Waals surface area contributed by atoms with Crippen molar-refractivity contribution < 1.29 is 8.83 Å². The van der Waals surface area contributed by atoms with Crippen molar-refractivity contribution >= 4 is 158 Å². The number of fused-ring (bicyclic) bond motifs is 39. The van der Waals surface area contributed by atoms with Crippen LogP contribution in [-0.2, 0) is 38.9 Å². The van der Waals surface area contributed by atoms with Gasteiger partial charge in [0.15, 0.2) is 0 Å². The Morgan fingerprint density at radius 3 is 1.32 bits per heavy atom. The Labute approximate surface area is 756 Å². The molecule has 18 aromatic carbocycles. The highest BCUT2D eigenvalue weighted by Crippen LogP contribution is 2.68. The van der Waals surface area contributed by atoms with Crippen LogP contribution in [0.25, 0.3) is 110 Å². The highest BCUT2D eigenvalue weighted by atomic mass is 16.3. The number of benzene rings is 18. The summed E-state index contributed by atoms with van der Waals surface area (Å²) >= 11 is 0. The monoisotopic (exact) mass is 1660 g/mol. The van der Waals surface area contributed by atoms with Gasteiger partial charge in [0.2, 0.25) is 0 Å². The molecule has 6 aliphatic heterocycles. The van der Waals surface area contributed by atoms with Gasteiger partial charge in [-0.25, -0.2) is 0 Å². The van der Waals surface area contributed by atoms with Crippen LogP contribution < -0.4 is 41.3 Å². The molecule has 10 aliphatic rings. The van der Waals surface area contributed by atoms with Crippen LogP contribution in [0.4, 0.5) is 56.9 Å². The van der Waals surface area contributed by atoms with Gasteiger partial charge in [0.05, 0.1) is 22.2 Å². The zero-order valence-electron chi connectivity index (χ0n) is 73.7. The van der Waals surface area contributed by atoms with E-state index in [0.29, 0.717) is 0 Å². The van der Waals surface area contributed by atoms with E-state index in [2.05, 4.69) is 414 Å². The maximum absolute atomic E-state index is 7.41. The second-order valence-corrected chi connectivity index (χ2v) is 41.3. The molecule has 1 unspecified atom stereocenters. The summed E-state index contributed by atoms with van der Waals surface area (Å²) in [5.41, 5.74) is 46.9. The minimum atomic E-state index is -0.615. The summed E-state index contributed by atoms with van der Waals surface area (Å²) in [5, 5.41) is 9.40. The Kier molecular flexibility index (Phi) is 13.7. The number of anilines is 10. The van der Waals surface area contributed by atoms with Crippen molar-refractivity contribution in [3.05, 3.63) is 418 Å². The zero-order valence-corrected chi connectivity index (χ0v) is 73.7. The first-order chi connectivity index (χ1) is 63.6. The highest BCUT2D eigenvalue weighted by molar-refractivity contribution is 6.95. The number of nitrogens with zero attached hydrogens (tertiary/aromatic N) is 4. The van der Waals surface area contributed by atoms with Crippen LogP contribution in [0.3, 0.4) is 0 Å². The SMILES string of the molecule is CC1(C)CCC(C)(C)c2cc(N3B4c5cccc6c5N(c5ccccc5C65c6ccccc6-c6ccccc65)c5cc6cc(CC7(C)CCC(C)(C)c8cc(N9B%10c%11cccc%12c%11N(c%11ccccc%11C%12%11c%12ccccc%12-c%12ccccc%12%11)c%11cc%12ccccc%12c(c%11%10)-c%10c9ccc9c%10oc%10ccccc%109)ccc87)ccc6c(c54)-c4cc5oc6ccccc6c5cc43)ccc21. The van der Waals surface area contributed by atoms with Gasteiger partial charge in [-0.2, -0.15) is 0 Å². The third kappa shape index (κ3) is 8.81. The lowest BCUT2D eigenvalue weighted by Gasteiger charge is -2.52. The predicted molar refractivity (Wildman–Crippen MR) is 540 cm³/mol. The third-order valence-corrected chi connectivity index (χ3v) is 33.5. The molecule has 20 aromatic rings. The van der Waals surface area contributed by atoms with Gasteiger partial charge in [0.1, 0.15) is 22.3 Å². The minimum absolute atomic E-state index is 0.0302. The predicted octanol–water partition coefficient (Wildman–Crippen LogP) is 28.5. The van der Waals surface area contributed by atoms with Crippen molar-refractivity contribution in [3.8, 4) is 44.5 Å². The molecule has 2 spiro atoms. The quantitative estimate of drug-likeness (QED) is 0.164. The molecule has 0 radical (unpaired) electrons. The van der Waals surface area contributed by atoms with Crippen LogP contribution in [0.15, 0.2) is 355 Å². The summed E-state index contributed by atoms with van der Waals surface area (Å²) in [6, 6.07) is 135. The van der Waals surface area contributed by atoms with E-state index >= 15 is 0 Å². The Bertz CT molecular complexity index is 8540. The fourth-order valence-corrected chi connectivity index (χ4v) is 27.8. The van der Waals surface area contributed by atoms with E-state index in [-0.39, 0.29) is 35.4 Å². The molecule has 614 valence electrons. The molecule has 0 fully saturated rings. The van der Waals surface area contributed by atoms with E-state index in [1.807, 2.05) is 0 Å². The molecule has 8 heterocycles. The van der Waals surface area contributed by atoms with Crippen LogP contribution >= 0.6 is 0 Å². The average molecular weight is 1660 g/mol. The molecule has 2 aromatic heterocycles. The van der Waals surface area contributed by atoms with Crippen molar-refractivity contribution in [2.75, 3.05) is 19.4 Å². The molecule has 0 bridgehead atoms. The number of hydrogen-bond acceptors (Lipinski definition) is 6. The Morgan fingerprint density at radius 2 is 0.723 bits per heavy atom. The Hall–Kier alpha value is -14.6. The maximum atomic E-state index is 7.41. The van der Waals surface area contributed by atoms with Gasteiger partial charge in [-0.05, 0) is 288 Å². The minimum Gasteiger partial charge on any atom is -0.456 e. The van der Waals surface area contributed by atoms with Gasteiger partial charge in [-0.1, -0.05) is 309 Å². The van der Waals surface area contributed by atoms with Gasteiger partial charge < -0.3 is 28.3 Å². The van der Waals surface area contributed by atoms with E-state index in [1.54, 1.807) is 0 Å². The van der Waals surface area contributed by atoms with Crippen LogP contribution in [0, 0.1) is 0 Å². The first-order valence-electron chi connectivity index (χ1n) is 47.0. The van der Waals surface area contributed by atoms with Crippen molar-refractivity contribution in [2.45, 2.75) is 113 Å². The summed E-state index contributed by atoms with van der Waals surface area (Å²) in [6.45, 7) is 17.0. The normalized spacial score (nSPS) is 18.0. The van der Waals surface area contributed by atoms with Crippen molar-refractivity contribution in [1.82, 2.24) is 0 Å². The topological polar surface area (TPSA) is 39.2 Å². The van der Waals surface area contributed by atoms with Crippen LogP contribution in [0.1, 0.15) is 146 Å². The zero-order chi connectivity index (χ0) is 85.9. The Balaban J connectivity index is 0.631. The molecule has 0 amide bonds. The average Bonchev–Trinajstić information content (AvgIpc) is 1.19. The number of para-hydroxylation sites is 6. The molecular formula is C122H88B2N4O2. The second-order valence-electron chi connectivity index (χ2n) is 41.3. The molecular weight excluding hydrogens is 1570 g/mol. The largest absolute Gasteiger partial charge is 0.456 e.